The number of ether oxygens (including phenoxy) is 1. The Morgan fingerprint density at radius 3 is 2.53 bits per heavy atom. The smallest absolute Gasteiger partial charge is 0.253 e. The maximum Gasteiger partial charge on any atom is 0.253 e. The van der Waals surface area contributed by atoms with Crippen LogP contribution in [0.25, 0.3) is 11.1 Å². The summed E-state index contributed by atoms with van der Waals surface area (Å²) < 4.78 is 7.85. The summed E-state index contributed by atoms with van der Waals surface area (Å²) in [4.78, 5) is 11.9. The van der Waals surface area contributed by atoms with E-state index in [9.17, 15) is 4.79 Å². The lowest BCUT2D eigenvalue weighted by atomic mass is 9.99. The van der Waals surface area contributed by atoms with Crippen molar-refractivity contribution in [2.45, 2.75) is 13.8 Å². The number of aromatic nitrogens is 1. The maximum absolute atomic E-state index is 11.9. The number of hydrogen-bond acceptors (Lipinski definition) is 2. The molecule has 100 valence electrons. The van der Waals surface area contributed by atoms with E-state index in [1.807, 2.05) is 38.2 Å². The molecule has 0 amide bonds. The van der Waals surface area contributed by atoms with E-state index in [4.69, 9.17) is 4.74 Å². The Labute approximate surface area is 121 Å². The summed E-state index contributed by atoms with van der Waals surface area (Å²) in [6.45, 7) is 3.83. The molecule has 0 aliphatic carbocycles. The predicted molar refractivity (Wildman–Crippen MR) is 80.8 cm³/mol. The quantitative estimate of drug-likeness (QED) is 0.848. The lowest BCUT2D eigenvalue weighted by Crippen LogP contribution is -2.20. The van der Waals surface area contributed by atoms with Gasteiger partial charge in [0.05, 0.1) is 11.6 Å². The molecule has 4 heteroatoms. The van der Waals surface area contributed by atoms with Gasteiger partial charge in [-0.25, -0.2) is 0 Å². The summed E-state index contributed by atoms with van der Waals surface area (Å²) in [7, 11) is 3.41. The molecular formula is C15H16BrNO2. The highest BCUT2D eigenvalue weighted by molar-refractivity contribution is 9.10. The van der Waals surface area contributed by atoms with E-state index in [0.717, 1.165) is 32.5 Å². The number of aryl methyl sites for hydroxylation is 1. The predicted octanol–water partition coefficient (Wildman–Crippen LogP) is 3.44. The van der Waals surface area contributed by atoms with Crippen LogP contribution >= 0.6 is 15.9 Å². The van der Waals surface area contributed by atoms with Crippen LogP contribution in [0.1, 0.15) is 11.1 Å². The standard InChI is InChI=1S/C15H16BrNO2/c1-9-10(2)15(18)17(3)8-12(9)11-5-6-13(16)14(7-11)19-4/h5-8H,1-4H3. The van der Waals surface area contributed by atoms with Crippen LogP contribution in [0.3, 0.4) is 0 Å². The van der Waals surface area contributed by atoms with Crippen LogP contribution in [0.4, 0.5) is 0 Å². The molecule has 0 saturated heterocycles. The maximum atomic E-state index is 11.9. The molecule has 0 spiro atoms. The highest BCUT2D eigenvalue weighted by atomic mass is 79.9. The molecule has 0 unspecified atom stereocenters. The molecule has 1 heterocycles. The number of pyridine rings is 1. The summed E-state index contributed by atoms with van der Waals surface area (Å²) in [6, 6.07) is 5.93. The monoisotopic (exact) mass is 321 g/mol. The molecule has 0 bridgehead atoms. The van der Waals surface area contributed by atoms with Gasteiger partial charge < -0.3 is 9.30 Å². The van der Waals surface area contributed by atoms with E-state index in [-0.39, 0.29) is 5.56 Å². The Morgan fingerprint density at radius 2 is 1.89 bits per heavy atom. The minimum Gasteiger partial charge on any atom is -0.496 e. The van der Waals surface area contributed by atoms with Crippen LogP contribution in [0, 0.1) is 13.8 Å². The van der Waals surface area contributed by atoms with Gasteiger partial charge in [0.1, 0.15) is 5.75 Å². The topological polar surface area (TPSA) is 31.2 Å². The third kappa shape index (κ3) is 2.45. The van der Waals surface area contributed by atoms with Crippen molar-refractivity contribution >= 4 is 15.9 Å². The number of hydrogen-bond donors (Lipinski definition) is 0. The normalized spacial score (nSPS) is 10.6. The van der Waals surface area contributed by atoms with Crippen LogP contribution in [0.5, 0.6) is 5.75 Å². The average Bonchev–Trinajstić information content (AvgIpc) is 2.41. The molecule has 2 aromatic rings. The Morgan fingerprint density at radius 1 is 1.21 bits per heavy atom. The zero-order valence-electron chi connectivity index (χ0n) is 11.5. The van der Waals surface area contributed by atoms with Crippen molar-refractivity contribution in [3.05, 3.63) is 50.3 Å². The van der Waals surface area contributed by atoms with E-state index < -0.39 is 0 Å². The van der Waals surface area contributed by atoms with Gasteiger partial charge in [-0.05, 0) is 53.0 Å². The summed E-state index contributed by atoms with van der Waals surface area (Å²) >= 11 is 3.44. The highest BCUT2D eigenvalue weighted by Crippen LogP contribution is 2.32. The second-order valence-corrected chi connectivity index (χ2v) is 5.41. The number of benzene rings is 1. The molecular weight excluding hydrogens is 306 g/mol. The van der Waals surface area contributed by atoms with E-state index in [1.165, 1.54) is 0 Å². The fraction of sp³-hybridized carbons (Fsp3) is 0.267. The van der Waals surface area contributed by atoms with E-state index in [0.29, 0.717) is 0 Å². The minimum atomic E-state index is 0.0466. The van der Waals surface area contributed by atoms with Gasteiger partial charge in [0, 0.05) is 24.4 Å². The Hall–Kier alpha value is -1.55. The molecule has 0 N–H and O–H groups in total. The molecule has 0 saturated carbocycles. The van der Waals surface area contributed by atoms with E-state index >= 15 is 0 Å². The van der Waals surface area contributed by atoms with E-state index in [2.05, 4.69) is 15.9 Å². The summed E-state index contributed by atoms with van der Waals surface area (Å²) in [5.74, 6) is 0.781. The Kier molecular flexibility index (Phi) is 3.80. The van der Waals surface area contributed by atoms with Gasteiger partial charge >= 0.3 is 0 Å². The minimum absolute atomic E-state index is 0.0466. The van der Waals surface area contributed by atoms with Crippen LogP contribution in [0.15, 0.2) is 33.7 Å². The summed E-state index contributed by atoms with van der Waals surface area (Å²) in [6.07, 6.45) is 1.87. The summed E-state index contributed by atoms with van der Waals surface area (Å²) in [5, 5.41) is 0. The van der Waals surface area contributed by atoms with Gasteiger partial charge in [-0.3, -0.25) is 4.79 Å². The third-order valence-corrected chi connectivity index (χ3v) is 4.05. The molecule has 0 aliphatic rings. The van der Waals surface area contributed by atoms with E-state index in [1.54, 1.807) is 18.7 Å². The van der Waals surface area contributed by atoms with Crippen LogP contribution in [-0.2, 0) is 7.05 Å². The second-order valence-electron chi connectivity index (χ2n) is 4.56. The molecule has 19 heavy (non-hydrogen) atoms. The lowest BCUT2D eigenvalue weighted by molar-refractivity contribution is 0.412. The van der Waals surface area contributed by atoms with Crippen LogP contribution in [-0.4, -0.2) is 11.7 Å². The SMILES string of the molecule is COc1cc(-c2cn(C)c(=O)c(C)c2C)ccc1Br. The van der Waals surface area contributed by atoms with Crippen LogP contribution in [0.2, 0.25) is 0 Å². The first kappa shape index (κ1) is 13.9. The molecule has 0 fully saturated rings. The van der Waals surface area contributed by atoms with Gasteiger partial charge in [0.15, 0.2) is 0 Å². The molecule has 0 aliphatic heterocycles. The van der Waals surface area contributed by atoms with Crippen molar-refractivity contribution in [1.29, 1.82) is 0 Å². The van der Waals surface area contributed by atoms with Crippen molar-refractivity contribution in [1.82, 2.24) is 4.57 Å². The number of methoxy groups -OCH3 is 1. The molecule has 1 aromatic carbocycles. The van der Waals surface area contributed by atoms with Crippen molar-refractivity contribution in [3.8, 4) is 16.9 Å². The first-order chi connectivity index (χ1) is 8.95. The second kappa shape index (κ2) is 5.21. The zero-order chi connectivity index (χ0) is 14.2. The van der Waals surface area contributed by atoms with Crippen molar-refractivity contribution in [2.24, 2.45) is 7.05 Å². The number of halogens is 1. The fourth-order valence-corrected chi connectivity index (χ4v) is 2.50. The molecule has 0 radical (unpaired) electrons. The average molecular weight is 322 g/mol. The summed E-state index contributed by atoms with van der Waals surface area (Å²) in [5.41, 5.74) is 3.92. The fourth-order valence-electron chi connectivity index (χ4n) is 2.09. The number of rotatable bonds is 2. The molecule has 3 nitrogen and oxygen atoms in total. The zero-order valence-corrected chi connectivity index (χ0v) is 13.0. The van der Waals surface area contributed by atoms with Gasteiger partial charge in [0.2, 0.25) is 0 Å². The third-order valence-electron chi connectivity index (χ3n) is 3.39. The first-order valence-corrected chi connectivity index (χ1v) is 6.75. The largest absolute Gasteiger partial charge is 0.496 e. The van der Waals surface area contributed by atoms with Gasteiger partial charge in [-0.15, -0.1) is 0 Å². The lowest BCUT2D eigenvalue weighted by Gasteiger charge is -2.13. The van der Waals surface area contributed by atoms with Gasteiger partial charge in [-0.2, -0.15) is 0 Å². The van der Waals surface area contributed by atoms with Gasteiger partial charge in [0.25, 0.3) is 5.56 Å². The van der Waals surface area contributed by atoms with Gasteiger partial charge in [-0.1, -0.05) is 6.07 Å². The van der Waals surface area contributed by atoms with Crippen molar-refractivity contribution in [2.75, 3.05) is 7.11 Å². The van der Waals surface area contributed by atoms with Crippen molar-refractivity contribution in [3.63, 3.8) is 0 Å². The number of nitrogens with zero attached hydrogens (tertiary/aromatic N) is 1. The van der Waals surface area contributed by atoms with Crippen LogP contribution < -0.4 is 10.3 Å². The first-order valence-electron chi connectivity index (χ1n) is 5.96. The van der Waals surface area contributed by atoms with Crippen molar-refractivity contribution < 1.29 is 4.74 Å². The Bertz CT molecular complexity index is 689. The molecule has 0 atom stereocenters. The molecule has 2 rings (SSSR count). The highest BCUT2D eigenvalue weighted by Gasteiger charge is 2.11. The molecule has 1 aromatic heterocycles. The Balaban J connectivity index is 2.69.